The Hall–Kier alpha value is -5.24. The first-order valence-electron chi connectivity index (χ1n) is 12.2. The molecule has 6 aromatic rings. The van der Waals surface area contributed by atoms with Crippen molar-refractivity contribution >= 4 is 33.9 Å². The zero-order valence-electron chi connectivity index (χ0n) is 20.3. The topological polar surface area (TPSA) is 113 Å². The van der Waals surface area contributed by atoms with E-state index in [1.165, 1.54) is 7.11 Å². The Morgan fingerprint density at radius 3 is 2.68 bits per heavy atom. The van der Waals surface area contributed by atoms with Crippen LogP contribution in [0.4, 0.5) is 0 Å². The summed E-state index contributed by atoms with van der Waals surface area (Å²) in [5.41, 5.74) is 8.17. The minimum atomic E-state index is -0.401. The summed E-state index contributed by atoms with van der Waals surface area (Å²) < 4.78 is 4.86. The fourth-order valence-electron chi connectivity index (χ4n) is 5.36. The molecular formula is C30H21N5O3. The summed E-state index contributed by atoms with van der Waals surface area (Å²) in [6, 6.07) is 22.6. The quantitative estimate of drug-likeness (QED) is 0.282. The first-order chi connectivity index (χ1) is 18.6. The minimum Gasteiger partial charge on any atom is -0.465 e. The molecule has 0 saturated carbocycles. The number of imidazole rings is 1. The second-order valence-electron chi connectivity index (χ2n) is 9.17. The standard InChI is InChI=1S/C30H21N5O3/c1-38-30(37)16-9-10-23-24(15-16)34-28(33-23)22-8-4-7-21-25(22)17-5-2-3-6-18(17)26(21)35-29(36)20-12-14-32-27-19(20)11-13-31-27/h2-15,26H,1H3,(H,31,32)(H,33,34)(H,35,36)/t26-/m1/s1. The minimum absolute atomic E-state index is 0.172. The van der Waals surface area contributed by atoms with Crippen LogP contribution in [0.1, 0.15) is 37.9 Å². The molecule has 1 atom stereocenters. The van der Waals surface area contributed by atoms with Gasteiger partial charge in [0.05, 0.1) is 35.3 Å². The number of carbonyl (C=O) groups excluding carboxylic acids is 2. The Labute approximate surface area is 216 Å². The fraction of sp³-hybridized carbons (Fsp3) is 0.0667. The molecule has 3 aromatic heterocycles. The van der Waals surface area contributed by atoms with Gasteiger partial charge >= 0.3 is 5.97 Å². The lowest BCUT2D eigenvalue weighted by Crippen LogP contribution is -2.28. The van der Waals surface area contributed by atoms with E-state index >= 15 is 0 Å². The molecule has 7 rings (SSSR count). The third kappa shape index (κ3) is 3.31. The lowest BCUT2D eigenvalue weighted by Gasteiger charge is -2.16. The number of pyridine rings is 1. The van der Waals surface area contributed by atoms with Crippen LogP contribution in [-0.4, -0.2) is 38.9 Å². The van der Waals surface area contributed by atoms with Gasteiger partial charge in [-0.3, -0.25) is 4.79 Å². The predicted molar refractivity (Wildman–Crippen MR) is 144 cm³/mol. The molecule has 0 radical (unpaired) electrons. The first kappa shape index (κ1) is 22.0. The van der Waals surface area contributed by atoms with Gasteiger partial charge in [-0.2, -0.15) is 0 Å². The number of nitrogens with zero attached hydrogens (tertiary/aromatic N) is 2. The molecule has 1 aliphatic carbocycles. The molecule has 38 heavy (non-hydrogen) atoms. The molecule has 8 heteroatoms. The molecule has 3 heterocycles. The van der Waals surface area contributed by atoms with Crippen LogP contribution in [0.2, 0.25) is 0 Å². The van der Waals surface area contributed by atoms with Gasteiger partial charge in [-0.25, -0.2) is 14.8 Å². The van der Waals surface area contributed by atoms with E-state index in [-0.39, 0.29) is 11.9 Å². The number of H-pyrrole nitrogens is 2. The van der Waals surface area contributed by atoms with Crippen LogP contribution < -0.4 is 5.32 Å². The molecule has 0 saturated heterocycles. The number of esters is 1. The molecule has 1 amide bonds. The molecule has 0 fully saturated rings. The normalized spacial score (nSPS) is 13.9. The van der Waals surface area contributed by atoms with Crippen LogP contribution >= 0.6 is 0 Å². The van der Waals surface area contributed by atoms with E-state index in [0.717, 1.165) is 44.2 Å². The van der Waals surface area contributed by atoms with Gasteiger partial charge in [0.15, 0.2) is 0 Å². The zero-order valence-corrected chi connectivity index (χ0v) is 20.3. The molecule has 3 N–H and O–H groups in total. The summed E-state index contributed by atoms with van der Waals surface area (Å²) in [5, 5.41) is 4.04. The molecular weight excluding hydrogens is 478 g/mol. The number of aromatic amines is 2. The van der Waals surface area contributed by atoms with E-state index < -0.39 is 5.97 Å². The molecule has 0 aliphatic heterocycles. The van der Waals surface area contributed by atoms with Crippen molar-refractivity contribution in [1.82, 2.24) is 25.3 Å². The SMILES string of the molecule is COC(=O)c1ccc2nc(-c3cccc4c3-c3ccccc3[C@H]4NC(=O)c3ccnc4[nH]ccc34)[nH]c2c1. The summed E-state index contributed by atoms with van der Waals surface area (Å²) in [4.78, 5) is 41.1. The molecule has 1 aliphatic rings. The van der Waals surface area contributed by atoms with E-state index in [2.05, 4.69) is 26.3 Å². The van der Waals surface area contributed by atoms with Crippen LogP contribution in [0.3, 0.4) is 0 Å². The molecule has 0 bridgehead atoms. The number of hydrogen-bond acceptors (Lipinski definition) is 5. The van der Waals surface area contributed by atoms with Gasteiger partial charge in [-0.1, -0.05) is 42.5 Å². The van der Waals surface area contributed by atoms with Crippen molar-refractivity contribution in [3.05, 3.63) is 107 Å². The number of amides is 1. The van der Waals surface area contributed by atoms with E-state index in [1.807, 2.05) is 42.5 Å². The van der Waals surface area contributed by atoms with Crippen LogP contribution in [0.15, 0.2) is 85.2 Å². The van der Waals surface area contributed by atoms with E-state index in [0.29, 0.717) is 22.6 Å². The molecule has 3 aromatic carbocycles. The van der Waals surface area contributed by atoms with Crippen molar-refractivity contribution in [3.8, 4) is 22.5 Å². The number of aromatic nitrogens is 4. The van der Waals surface area contributed by atoms with Gasteiger partial charge in [0.25, 0.3) is 5.91 Å². The van der Waals surface area contributed by atoms with E-state index in [4.69, 9.17) is 9.72 Å². The fourth-order valence-corrected chi connectivity index (χ4v) is 5.36. The summed E-state index contributed by atoms with van der Waals surface area (Å²) in [7, 11) is 1.36. The predicted octanol–water partition coefficient (Wildman–Crippen LogP) is 5.39. The highest BCUT2D eigenvalue weighted by atomic mass is 16.5. The Morgan fingerprint density at radius 2 is 1.79 bits per heavy atom. The maximum Gasteiger partial charge on any atom is 0.337 e. The van der Waals surface area contributed by atoms with Crippen molar-refractivity contribution in [2.24, 2.45) is 0 Å². The second kappa shape index (κ2) is 8.41. The highest BCUT2D eigenvalue weighted by Crippen LogP contribution is 2.47. The van der Waals surface area contributed by atoms with Gasteiger partial charge < -0.3 is 20.0 Å². The number of methoxy groups -OCH3 is 1. The van der Waals surface area contributed by atoms with Gasteiger partial charge in [-0.15, -0.1) is 0 Å². The summed E-state index contributed by atoms with van der Waals surface area (Å²) in [6.45, 7) is 0. The molecule has 0 unspecified atom stereocenters. The van der Waals surface area contributed by atoms with Gasteiger partial charge in [0, 0.05) is 23.3 Å². The van der Waals surface area contributed by atoms with Crippen LogP contribution in [-0.2, 0) is 4.74 Å². The van der Waals surface area contributed by atoms with Crippen LogP contribution in [0, 0.1) is 0 Å². The van der Waals surface area contributed by atoms with Crippen LogP contribution in [0.25, 0.3) is 44.6 Å². The third-order valence-corrected chi connectivity index (χ3v) is 7.09. The van der Waals surface area contributed by atoms with E-state index in [1.54, 1.807) is 36.7 Å². The number of fused-ring (bicyclic) bond motifs is 5. The highest BCUT2D eigenvalue weighted by Gasteiger charge is 2.32. The van der Waals surface area contributed by atoms with Crippen molar-refractivity contribution in [2.75, 3.05) is 7.11 Å². The second-order valence-corrected chi connectivity index (χ2v) is 9.17. The number of ether oxygens (including phenoxy) is 1. The average Bonchev–Trinajstić information content (AvgIpc) is 3.68. The van der Waals surface area contributed by atoms with Crippen molar-refractivity contribution in [2.45, 2.75) is 6.04 Å². The van der Waals surface area contributed by atoms with Gasteiger partial charge in [0.2, 0.25) is 0 Å². The highest BCUT2D eigenvalue weighted by molar-refractivity contribution is 6.06. The summed E-state index contributed by atoms with van der Waals surface area (Å²) in [5.74, 6) is 0.111. The van der Waals surface area contributed by atoms with E-state index in [9.17, 15) is 9.59 Å². The van der Waals surface area contributed by atoms with Gasteiger partial charge in [0.1, 0.15) is 11.5 Å². The Bertz CT molecular complexity index is 1900. The Kier molecular flexibility index (Phi) is 4.87. The number of hydrogen-bond donors (Lipinski definition) is 3. The third-order valence-electron chi connectivity index (χ3n) is 7.09. The molecule has 8 nitrogen and oxygen atoms in total. The number of rotatable bonds is 4. The maximum absolute atomic E-state index is 13.5. The lowest BCUT2D eigenvalue weighted by molar-refractivity contribution is 0.0600. The monoisotopic (exact) mass is 499 g/mol. The molecule has 184 valence electrons. The molecule has 0 spiro atoms. The largest absolute Gasteiger partial charge is 0.465 e. The number of nitrogens with one attached hydrogen (secondary N) is 3. The Balaban J connectivity index is 1.33. The van der Waals surface area contributed by atoms with Crippen molar-refractivity contribution in [3.63, 3.8) is 0 Å². The van der Waals surface area contributed by atoms with Crippen molar-refractivity contribution < 1.29 is 14.3 Å². The van der Waals surface area contributed by atoms with Crippen LogP contribution in [0.5, 0.6) is 0 Å². The maximum atomic E-state index is 13.5. The lowest BCUT2D eigenvalue weighted by atomic mass is 9.98. The average molecular weight is 500 g/mol. The smallest absolute Gasteiger partial charge is 0.337 e. The number of carbonyl (C=O) groups is 2. The number of benzene rings is 3. The zero-order chi connectivity index (χ0) is 25.8. The van der Waals surface area contributed by atoms with Gasteiger partial charge in [-0.05, 0) is 52.6 Å². The first-order valence-corrected chi connectivity index (χ1v) is 12.2. The Morgan fingerprint density at radius 1 is 0.947 bits per heavy atom. The summed E-state index contributed by atoms with van der Waals surface area (Å²) in [6.07, 6.45) is 3.41. The summed E-state index contributed by atoms with van der Waals surface area (Å²) >= 11 is 0. The van der Waals surface area contributed by atoms with Crippen molar-refractivity contribution in [1.29, 1.82) is 0 Å².